The third-order valence-corrected chi connectivity index (χ3v) is 6.02. The van der Waals surface area contributed by atoms with E-state index in [-0.39, 0.29) is 11.8 Å². The molecule has 1 aromatic heterocycles. The Labute approximate surface area is 164 Å². The predicted molar refractivity (Wildman–Crippen MR) is 106 cm³/mol. The predicted octanol–water partition coefficient (Wildman–Crippen LogP) is 3.22. The molecule has 0 saturated heterocycles. The molecule has 6 nitrogen and oxygen atoms in total. The van der Waals surface area contributed by atoms with Gasteiger partial charge in [0.1, 0.15) is 0 Å². The molecule has 1 saturated carbocycles. The monoisotopic (exact) mass is 379 g/mol. The number of hydrogen-bond donors (Lipinski definition) is 1. The van der Waals surface area contributed by atoms with E-state index in [0.29, 0.717) is 24.4 Å². The lowest BCUT2D eigenvalue weighted by atomic mass is 9.71. The molecule has 1 fully saturated rings. The number of benzene rings is 1. The second-order valence-electron chi connectivity index (χ2n) is 7.51. The van der Waals surface area contributed by atoms with E-state index in [4.69, 9.17) is 4.74 Å². The number of carbonyl (C=O) groups excluding carboxylic acids is 2. The number of carbonyl (C=O) groups is 2. The van der Waals surface area contributed by atoms with Crippen molar-refractivity contribution < 1.29 is 14.3 Å². The first kappa shape index (κ1) is 18.6. The van der Waals surface area contributed by atoms with Gasteiger partial charge < -0.3 is 15.0 Å². The van der Waals surface area contributed by atoms with Crippen LogP contribution in [-0.2, 0) is 9.53 Å². The summed E-state index contributed by atoms with van der Waals surface area (Å²) >= 11 is 0. The summed E-state index contributed by atoms with van der Waals surface area (Å²) in [5.74, 6) is -0.480. The van der Waals surface area contributed by atoms with Crippen molar-refractivity contribution in [1.82, 2.24) is 9.88 Å². The van der Waals surface area contributed by atoms with Gasteiger partial charge >= 0.3 is 0 Å². The molecule has 1 aliphatic heterocycles. The van der Waals surface area contributed by atoms with Gasteiger partial charge in [0.05, 0.1) is 18.1 Å². The summed E-state index contributed by atoms with van der Waals surface area (Å²) in [6.45, 7) is 0.942. The van der Waals surface area contributed by atoms with E-state index in [9.17, 15) is 9.59 Å². The van der Waals surface area contributed by atoms with Gasteiger partial charge in [-0.2, -0.15) is 0 Å². The molecule has 2 aliphatic rings. The maximum Gasteiger partial charge on any atom is 0.254 e. The highest BCUT2D eigenvalue weighted by atomic mass is 16.5. The minimum absolute atomic E-state index is 0.00233. The van der Waals surface area contributed by atoms with E-state index in [1.165, 1.54) is 0 Å². The topological polar surface area (TPSA) is 71.5 Å². The first-order valence-electron chi connectivity index (χ1n) is 9.78. The number of ether oxygens (including phenoxy) is 1. The highest BCUT2D eigenvalue weighted by Gasteiger charge is 2.55. The molecule has 0 unspecified atom stereocenters. The first-order chi connectivity index (χ1) is 13.7. The van der Waals surface area contributed by atoms with Crippen LogP contribution < -0.4 is 5.32 Å². The fourth-order valence-electron chi connectivity index (χ4n) is 4.82. The number of aromatic nitrogens is 1. The van der Waals surface area contributed by atoms with Crippen LogP contribution in [-0.4, -0.2) is 47.5 Å². The molecule has 28 heavy (non-hydrogen) atoms. The van der Waals surface area contributed by atoms with Crippen molar-refractivity contribution in [2.24, 2.45) is 0 Å². The normalized spacial score (nSPS) is 20.2. The van der Waals surface area contributed by atoms with Gasteiger partial charge in [0.2, 0.25) is 5.91 Å². The van der Waals surface area contributed by atoms with E-state index >= 15 is 0 Å². The Morgan fingerprint density at radius 1 is 1.21 bits per heavy atom. The highest BCUT2D eigenvalue weighted by molar-refractivity contribution is 6.05. The van der Waals surface area contributed by atoms with Gasteiger partial charge in [-0.15, -0.1) is 0 Å². The van der Waals surface area contributed by atoms with Crippen LogP contribution in [0.5, 0.6) is 0 Å². The van der Waals surface area contributed by atoms with Crippen molar-refractivity contribution in [2.45, 2.75) is 37.1 Å². The lowest BCUT2D eigenvalue weighted by Crippen LogP contribution is -2.60. The number of hydrogen-bond acceptors (Lipinski definition) is 4. The maximum atomic E-state index is 13.5. The van der Waals surface area contributed by atoms with E-state index in [1.54, 1.807) is 31.6 Å². The lowest BCUT2D eigenvalue weighted by Gasteiger charge is -2.50. The second-order valence-corrected chi connectivity index (χ2v) is 7.51. The summed E-state index contributed by atoms with van der Waals surface area (Å²) in [6.07, 6.45) is 6.99. The Hall–Kier alpha value is -2.73. The van der Waals surface area contributed by atoms with Gasteiger partial charge in [-0.25, -0.2) is 0 Å². The number of fused-ring (bicyclic) bond motifs is 1. The van der Waals surface area contributed by atoms with E-state index in [2.05, 4.69) is 10.3 Å². The van der Waals surface area contributed by atoms with Gasteiger partial charge in [0.25, 0.3) is 5.91 Å². The summed E-state index contributed by atoms with van der Waals surface area (Å²) in [4.78, 5) is 32.8. The zero-order valence-corrected chi connectivity index (χ0v) is 16.1. The average Bonchev–Trinajstić information content (AvgIpc) is 3.18. The number of amides is 2. The molecule has 2 heterocycles. The average molecular weight is 379 g/mol. The molecular formula is C22H25N3O3. The molecule has 0 bridgehead atoms. The number of anilines is 1. The third kappa shape index (κ3) is 3.07. The van der Waals surface area contributed by atoms with Crippen LogP contribution in [0.4, 0.5) is 5.69 Å². The molecular weight excluding hydrogens is 354 g/mol. The highest BCUT2D eigenvalue weighted by Crippen LogP contribution is 2.50. The molecule has 1 spiro atoms. The van der Waals surface area contributed by atoms with Crippen LogP contribution >= 0.6 is 0 Å². The Kier molecular flexibility index (Phi) is 5.13. The zero-order valence-electron chi connectivity index (χ0n) is 16.1. The van der Waals surface area contributed by atoms with Crippen LogP contribution in [0.25, 0.3) is 0 Å². The van der Waals surface area contributed by atoms with Crippen LogP contribution in [0.2, 0.25) is 0 Å². The number of methoxy groups -OCH3 is 1. The molecule has 6 heteroatoms. The van der Waals surface area contributed by atoms with E-state index in [0.717, 1.165) is 31.2 Å². The van der Waals surface area contributed by atoms with E-state index in [1.807, 2.05) is 29.2 Å². The standard InChI is InChI=1S/C22H25N3O3/c1-28-15-14-25-21(27)18-7-3-2-6-17(18)19(22(25)10-4-5-11-22)20(26)24-16-8-12-23-13-9-16/h2-3,6-9,12-13,19H,4-5,10-11,14-15H2,1H3,(H,23,24,26)/t19-/m0/s1. The molecule has 2 amide bonds. The number of nitrogens with one attached hydrogen (secondary N) is 1. The molecule has 1 aromatic carbocycles. The maximum absolute atomic E-state index is 13.5. The van der Waals surface area contributed by atoms with Crippen molar-refractivity contribution in [3.8, 4) is 0 Å². The number of pyridine rings is 1. The number of rotatable bonds is 5. The minimum atomic E-state index is -0.499. The molecule has 146 valence electrons. The Balaban J connectivity index is 1.79. The summed E-state index contributed by atoms with van der Waals surface area (Å²) in [5.41, 5.74) is 1.66. The molecule has 1 atom stereocenters. The summed E-state index contributed by atoms with van der Waals surface area (Å²) in [6, 6.07) is 11.1. The quantitative estimate of drug-likeness (QED) is 0.866. The Morgan fingerprint density at radius 2 is 1.93 bits per heavy atom. The van der Waals surface area contributed by atoms with Crippen molar-refractivity contribution in [2.75, 3.05) is 25.6 Å². The summed E-state index contributed by atoms with van der Waals surface area (Å²) in [5, 5.41) is 3.05. The molecule has 1 N–H and O–H groups in total. The largest absolute Gasteiger partial charge is 0.383 e. The molecule has 2 aromatic rings. The van der Waals surface area contributed by atoms with Crippen LogP contribution in [0.3, 0.4) is 0 Å². The van der Waals surface area contributed by atoms with Gasteiger partial charge in [-0.05, 0) is 36.6 Å². The number of nitrogens with zero attached hydrogens (tertiary/aromatic N) is 2. The van der Waals surface area contributed by atoms with Crippen molar-refractivity contribution in [1.29, 1.82) is 0 Å². The fraction of sp³-hybridized carbons (Fsp3) is 0.409. The molecule has 1 aliphatic carbocycles. The Morgan fingerprint density at radius 3 is 2.64 bits per heavy atom. The van der Waals surface area contributed by atoms with Gasteiger partial charge in [0.15, 0.2) is 0 Å². The van der Waals surface area contributed by atoms with Gasteiger partial charge in [-0.3, -0.25) is 14.6 Å². The molecule has 0 radical (unpaired) electrons. The molecule has 4 rings (SSSR count). The van der Waals surface area contributed by atoms with Gasteiger partial charge in [-0.1, -0.05) is 31.0 Å². The van der Waals surface area contributed by atoms with Crippen molar-refractivity contribution >= 4 is 17.5 Å². The van der Waals surface area contributed by atoms with Crippen LogP contribution in [0.1, 0.15) is 47.5 Å². The SMILES string of the molecule is COCCN1C(=O)c2ccccc2[C@@H](C(=O)Nc2ccncc2)C12CCCC2. The zero-order chi connectivity index (χ0) is 19.6. The van der Waals surface area contributed by atoms with Crippen LogP contribution in [0.15, 0.2) is 48.8 Å². The van der Waals surface area contributed by atoms with E-state index < -0.39 is 11.5 Å². The van der Waals surface area contributed by atoms with Crippen molar-refractivity contribution in [3.63, 3.8) is 0 Å². The Bertz CT molecular complexity index is 862. The van der Waals surface area contributed by atoms with Gasteiger partial charge in [0, 0.05) is 37.3 Å². The third-order valence-electron chi connectivity index (χ3n) is 6.02. The first-order valence-corrected chi connectivity index (χ1v) is 9.78. The smallest absolute Gasteiger partial charge is 0.254 e. The lowest BCUT2D eigenvalue weighted by molar-refractivity contribution is -0.121. The minimum Gasteiger partial charge on any atom is -0.383 e. The fourth-order valence-corrected chi connectivity index (χ4v) is 4.82. The van der Waals surface area contributed by atoms with Crippen molar-refractivity contribution in [3.05, 3.63) is 59.9 Å². The summed E-state index contributed by atoms with van der Waals surface area (Å²) < 4.78 is 5.27. The second kappa shape index (κ2) is 7.72. The van der Waals surface area contributed by atoms with Crippen LogP contribution in [0, 0.1) is 0 Å². The summed E-state index contributed by atoms with van der Waals surface area (Å²) in [7, 11) is 1.64.